The number of methoxy groups -OCH3 is 4. The summed E-state index contributed by atoms with van der Waals surface area (Å²) in [5.74, 6) is 8.95. The van der Waals surface area contributed by atoms with Gasteiger partial charge in [0.15, 0.2) is 18.2 Å². The maximum atomic E-state index is 10.5. The Kier molecular flexibility index (Phi) is 18.1. The molecule has 17 nitrogen and oxygen atoms in total. The van der Waals surface area contributed by atoms with Gasteiger partial charge in [-0.2, -0.15) is 0 Å². The summed E-state index contributed by atoms with van der Waals surface area (Å²) in [6, 6.07) is 0. The van der Waals surface area contributed by atoms with Gasteiger partial charge < -0.3 is 69.1 Å². The van der Waals surface area contributed by atoms with E-state index in [0.29, 0.717) is 19.6 Å². The lowest BCUT2D eigenvalue weighted by Gasteiger charge is -2.47. The van der Waals surface area contributed by atoms with Crippen molar-refractivity contribution in [2.24, 2.45) is 23.3 Å². The fourth-order valence-electron chi connectivity index (χ4n) is 4.28. The molecule has 2 rings (SSSR count). The maximum absolute atomic E-state index is 10.5. The highest BCUT2D eigenvalue weighted by atomic mass is 16.8. The van der Waals surface area contributed by atoms with Gasteiger partial charge in [0.05, 0.1) is 19.9 Å². The molecule has 0 radical (unpaired) electrons. The highest BCUT2D eigenvalue weighted by Crippen LogP contribution is 2.33. The summed E-state index contributed by atoms with van der Waals surface area (Å²) in [5.41, 5.74) is 10.6. The van der Waals surface area contributed by atoms with E-state index < -0.39 is 60.9 Å². The molecule has 2 aliphatic rings. The van der Waals surface area contributed by atoms with Gasteiger partial charge in [-0.3, -0.25) is 4.84 Å². The van der Waals surface area contributed by atoms with Crippen LogP contribution in [0.1, 0.15) is 13.3 Å². The first-order chi connectivity index (χ1) is 18.7. The molecule has 2 fully saturated rings. The summed E-state index contributed by atoms with van der Waals surface area (Å²) in [5, 5.41) is 20.6. The lowest BCUT2D eigenvalue weighted by atomic mass is 9.93. The normalized spacial score (nSPS) is 36.8. The molecule has 0 aromatic heterocycles. The number of hydrogen-bond acceptors (Lipinski definition) is 17. The van der Waals surface area contributed by atoms with Crippen molar-refractivity contribution in [2.75, 3.05) is 68.3 Å². The molecule has 234 valence electrons. The molecule has 0 aromatic carbocycles. The Morgan fingerprint density at radius 3 is 2.03 bits per heavy atom. The molecule has 0 aromatic rings. The Morgan fingerprint density at radius 1 is 0.846 bits per heavy atom. The van der Waals surface area contributed by atoms with E-state index in [1.807, 2.05) is 0 Å². The molecule has 0 amide bonds. The van der Waals surface area contributed by atoms with Gasteiger partial charge in [-0.1, -0.05) is 0 Å². The number of hydrogen-bond donors (Lipinski definition) is 6. The topological polar surface area (TPSA) is 246 Å². The van der Waals surface area contributed by atoms with E-state index in [4.69, 9.17) is 70.7 Å². The minimum Gasteiger partial charge on any atom is -0.387 e. The third kappa shape index (κ3) is 10.3. The maximum Gasteiger partial charge on any atom is 0.196 e. The zero-order valence-corrected chi connectivity index (χ0v) is 23.3. The Morgan fingerprint density at radius 2 is 1.51 bits per heavy atom. The van der Waals surface area contributed by atoms with Gasteiger partial charge in [0.1, 0.15) is 49.5 Å². The fourth-order valence-corrected chi connectivity index (χ4v) is 4.28. The summed E-state index contributed by atoms with van der Waals surface area (Å²) >= 11 is 0. The van der Waals surface area contributed by atoms with Gasteiger partial charge in [-0.15, -0.1) is 0 Å². The molecule has 4 unspecified atom stereocenters. The smallest absolute Gasteiger partial charge is 0.196 e. The first kappa shape index (κ1) is 36.3. The SMILES string of the molecule is CO[C@@H]1C(CON)O[C@](C)(OC)C(ON)[C@H]1O.CO[C@H]1OC(COCOCN)[C@@H](OC)[C@H](O)C1OCCCN. The highest BCUT2D eigenvalue weighted by molar-refractivity contribution is 4.96. The Balaban J connectivity index is 0.000000403. The summed E-state index contributed by atoms with van der Waals surface area (Å²) < 4.78 is 48.1. The predicted octanol–water partition coefficient (Wildman–Crippen LogP) is -3.35. The Hall–Kier alpha value is -0.680. The molecule has 2 heterocycles. The van der Waals surface area contributed by atoms with Crippen LogP contribution in [0.15, 0.2) is 0 Å². The zero-order valence-electron chi connectivity index (χ0n) is 23.3. The van der Waals surface area contributed by atoms with Crippen molar-refractivity contribution in [1.82, 2.24) is 0 Å². The van der Waals surface area contributed by atoms with Crippen molar-refractivity contribution in [3.05, 3.63) is 0 Å². The molecule has 17 heteroatoms. The van der Waals surface area contributed by atoms with Gasteiger partial charge in [0.25, 0.3) is 0 Å². The molecule has 10 N–H and O–H groups in total. The number of aliphatic hydroxyl groups excluding tert-OH is 2. The van der Waals surface area contributed by atoms with E-state index in [0.717, 1.165) is 0 Å². The Labute approximate surface area is 229 Å². The van der Waals surface area contributed by atoms with E-state index in [2.05, 4.69) is 4.84 Å². The van der Waals surface area contributed by atoms with E-state index in [9.17, 15) is 10.2 Å². The van der Waals surface area contributed by atoms with Crippen LogP contribution in [-0.4, -0.2) is 139 Å². The lowest BCUT2D eigenvalue weighted by molar-refractivity contribution is -0.361. The highest BCUT2D eigenvalue weighted by Gasteiger charge is 2.53. The van der Waals surface area contributed by atoms with E-state index in [1.54, 1.807) is 6.92 Å². The second-order valence-electron chi connectivity index (χ2n) is 8.76. The van der Waals surface area contributed by atoms with Crippen molar-refractivity contribution in [1.29, 1.82) is 0 Å². The van der Waals surface area contributed by atoms with Crippen LogP contribution < -0.4 is 23.3 Å². The minimum atomic E-state index is -1.20. The van der Waals surface area contributed by atoms with Gasteiger partial charge in [0, 0.05) is 35.0 Å². The van der Waals surface area contributed by atoms with E-state index in [1.165, 1.54) is 28.4 Å². The van der Waals surface area contributed by atoms with Crippen molar-refractivity contribution in [2.45, 2.75) is 74.3 Å². The average molecular weight is 577 g/mol. The largest absolute Gasteiger partial charge is 0.387 e. The van der Waals surface area contributed by atoms with Crippen molar-refractivity contribution >= 4 is 0 Å². The standard InChI is InChI=1S/C13H28N2O7.C9H20N2O6/c1-17-11-9(6-19-8-20-7-15)22-13(18-2)12(10(11)16)21-5-3-4-14;1-9(14-3)8(17-11)6(12)7(13-2)5(16-9)4-15-10/h9-13,16H,3-8,14-15H2,1-2H3;5-8,12H,4,10-11H2,1-3H3/t9?,10-,11+,12?,13-;5?,6-,7+,8?,9-/m00/s1. The van der Waals surface area contributed by atoms with Crippen molar-refractivity contribution in [3.63, 3.8) is 0 Å². The summed E-state index contributed by atoms with van der Waals surface area (Å²) in [6.07, 6.45) is -5.89. The third-order valence-electron chi connectivity index (χ3n) is 6.35. The molecule has 2 saturated heterocycles. The third-order valence-corrected chi connectivity index (χ3v) is 6.35. The number of rotatable bonds is 16. The van der Waals surface area contributed by atoms with Crippen LogP contribution in [0, 0.1) is 0 Å². The first-order valence-corrected chi connectivity index (χ1v) is 12.4. The molecule has 0 spiro atoms. The van der Waals surface area contributed by atoms with E-state index in [-0.39, 0.29) is 26.7 Å². The molecule has 0 aliphatic carbocycles. The van der Waals surface area contributed by atoms with Gasteiger partial charge in [-0.25, -0.2) is 11.8 Å². The second kappa shape index (κ2) is 19.4. The molecular formula is C22H48N4O13. The van der Waals surface area contributed by atoms with Crippen LogP contribution in [-0.2, 0) is 52.3 Å². The fraction of sp³-hybridized carbons (Fsp3) is 1.00. The van der Waals surface area contributed by atoms with Crippen LogP contribution in [0.3, 0.4) is 0 Å². The summed E-state index contributed by atoms with van der Waals surface area (Å²) in [7, 11) is 5.83. The lowest BCUT2D eigenvalue weighted by Crippen LogP contribution is -2.66. The summed E-state index contributed by atoms with van der Waals surface area (Å²) in [4.78, 5) is 9.24. The van der Waals surface area contributed by atoms with E-state index >= 15 is 0 Å². The van der Waals surface area contributed by atoms with Crippen LogP contribution in [0.25, 0.3) is 0 Å². The van der Waals surface area contributed by atoms with Crippen molar-refractivity contribution < 1.29 is 62.5 Å². The van der Waals surface area contributed by atoms with Gasteiger partial charge >= 0.3 is 0 Å². The first-order valence-electron chi connectivity index (χ1n) is 12.4. The molecule has 10 atom stereocenters. The quantitative estimate of drug-likeness (QED) is 0.0596. The van der Waals surface area contributed by atoms with Gasteiger partial charge in [-0.05, 0) is 19.9 Å². The second-order valence-corrected chi connectivity index (χ2v) is 8.76. The van der Waals surface area contributed by atoms with Crippen LogP contribution in [0.4, 0.5) is 0 Å². The minimum absolute atomic E-state index is 0.0387. The average Bonchev–Trinajstić information content (AvgIpc) is 2.93. The van der Waals surface area contributed by atoms with Crippen LogP contribution >= 0.6 is 0 Å². The van der Waals surface area contributed by atoms with Crippen molar-refractivity contribution in [3.8, 4) is 0 Å². The van der Waals surface area contributed by atoms with Crippen LogP contribution in [0.5, 0.6) is 0 Å². The molecular weight excluding hydrogens is 528 g/mol. The zero-order chi connectivity index (χ0) is 29.4. The Bertz CT molecular complexity index is 627. The molecule has 0 bridgehead atoms. The monoisotopic (exact) mass is 576 g/mol. The molecule has 2 aliphatic heterocycles. The molecule has 39 heavy (non-hydrogen) atoms. The number of ether oxygens (including phenoxy) is 9. The molecule has 0 saturated carbocycles. The summed E-state index contributed by atoms with van der Waals surface area (Å²) in [6.45, 7) is 2.84. The number of aliphatic hydroxyl groups is 2. The predicted molar refractivity (Wildman–Crippen MR) is 133 cm³/mol. The number of nitrogens with two attached hydrogens (primary N) is 4. The van der Waals surface area contributed by atoms with Gasteiger partial charge in [0.2, 0.25) is 0 Å². The van der Waals surface area contributed by atoms with Crippen LogP contribution in [0.2, 0.25) is 0 Å².